The minimum Gasteiger partial charge on any atom is -0.479 e. The molecule has 1 saturated heterocycles. The molecule has 1 fully saturated rings. The number of anilines is 1. The zero-order valence-corrected chi connectivity index (χ0v) is 9.71. The van der Waals surface area contributed by atoms with Gasteiger partial charge in [-0.15, -0.1) is 0 Å². The van der Waals surface area contributed by atoms with Crippen LogP contribution in [0.2, 0.25) is 0 Å². The number of rotatable bonds is 2. The maximum atomic E-state index is 11.6. The molecule has 0 radical (unpaired) electrons. The quantitative estimate of drug-likeness (QED) is 0.479. The normalized spacial score (nSPS) is 31.1. The molecule has 0 amide bonds. The standard InChI is InChI=1S/C10H13N3O6/c11-6-1-2-13(10(18)12-6)8-5(15)3-4(14)7(19-8)9(16)17/h1-2,4-5,7-8,14-15H,3H2,(H,16,17)(H2,11,12,18)/t4-,5+,7-,8+/m0/s1. The number of aliphatic carboxylic acids is 1. The van der Waals surface area contributed by atoms with E-state index in [-0.39, 0.29) is 12.2 Å². The van der Waals surface area contributed by atoms with Gasteiger partial charge in [-0.2, -0.15) is 4.98 Å². The van der Waals surface area contributed by atoms with Crippen LogP contribution in [-0.4, -0.2) is 49.2 Å². The van der Waals surface area contributed by atoms with Crippen LogP contribution >= 0.6 is 0 Å². The fourth-order valence-electron chi connectivity index (χ4n) is 1.91. The lowest BCUT2D eigenvalue weighted by Crippen LogP contribution is -2.50. The Morgan fingerprint density at radius 3 is 2.74 bits per heavy atom. The molecule has 0 saturated carbocycles. The average molecular weight is 271 g/mol. The van der Waals surface area contributed by atoms with E-state index in [0.717, 1.165) is 4.57 Å². The van der Waals surface area contributed by atoms with Crippen LogP contribution in [0, 0.1) is 0 Å². The molecule has 0 spiro atoms. The molecule has 2 heterocycles. The molecule has 5 N–H and O–H groups in total. The summed E-state index contributed by atoms with van der Waals surface area (Å²) in [7, 11) is 0. The third kappa shape index (κ3) is 2.57. The molecular formula is C10H13N3O6. The summed E-state index contributed by atoms with van der Waals surface area (Å²) in [5.74, 6) is -1.37. The molecule has 1 aromatic heterocycles. The molecule has 0 bridgehead atoms. The first-order valence-electron chi connectivity index (χ1n) is 5.49. The minimum atomic E-state index is -1.52. The van der Waals surface area contributed by atoms with E-state index in [1.165, 1.54) is 12.3 Å². The van der Waals surface area contributed by atoms with Gasteiger partial charge < -0.3 is 25.8 Å². The monoisotopic (exact) mass is 271 g/mol. The number of nitrogen functional groups attached to an aromatic ring is 1. The van der Waals surface area contributed by atoms with Crippen LogP contribution in [0.3, 0.4) is 0 Å². The zero-order valence-electron chi connectivity index (χ0n) is 9.71. The number of ether oxygens (including phenoxy) is 1. The van der Waals surface area contributed by atoms with Crippen LogP contribution in [0.1, 0.15) is 12.6 Å². The van der Waals surface area contributed by atoms with Crippen molar-refractivity contribution in [3.8, 4) is 0 Å². The van der Waals surface area contributed by atoms with E-state index in [4.69, 9.17) is 15.6 Å². The molecule has 9 nitrogen and oxygen atoms in total. The summed E-state index contributed by atoms with van der Waals surface area (Å²) >= 11 is 0. The summed E-state index contributed by atoms with van der Waals surface area (Å²) in [5, 5.41) is 28.2. The largest absolute Gasteiger partial charge is 0.479 e. The van der Waals surface area contributed by atoms with E-state index in [2.05, 4.69) is 4.98 Å². The highest BCUT2D eigenvalue weighted by Gasteiger charge is 2.41. The second kappa shape index (κ2) is 4.96. The fourth-order valence-corrected chi connectivity index (χ4v) is 1.91. The van der Waals surface area contributed by atoms with Gasteiger partial charge in [0.15, 0.2) is 12.3 Å². The van der Waals surface area contributed by atoms with E-state index in [1.807, 2.05) is 0 Å². The maximum absolute atomic E-state index is 11.6. The van der Waals surface area contributed by atoms with Crippen LogP contribution in [0.25, 0.3) is 0 Å². The van der Waals surface area contributed by atoms with Crippen LogP contribution in [0.5, 0.6) is 0 Å². The number of aliphatic hydroxyl groups excluding tert-OH is 2. The van der Waals surface area contributed by atoms with Gasteiger partial charge in [0.05, 0.1) is 6.10 Å². The van der Waals surface area contributed by atoms with Gasteiger partial charge in [-0.25, -0.2) is 9.59 Å². The molecular weight excluding hydrogens is 258 g/mol. The van der Waals surface area contributed by atoms with Gasteiger partial charge in [-0.05, 0) is 6.07 Å². The predicted molar refractivity (Wildman–Crippen MR) is 61.1 cm³/mol. The Hall–Kier alpha value is -1.97. The Morgan fingerprint density at radius 1 is 1.47 bits per heavy atom. The van der Waals surface area contributed by atoms with Gasteiger partial charge in [-0.1, -0.05) is 0 Å². The van der Waals surface area contributed by atoms with E-state index < -0.39 is 36.2 Å². The van der Waals surface area contributed by atoms with Crippen molar-refractivity contribution in [2.75, 3.05) is 5.73 Å². The summed E-state index contributed by atoms with van der Waals surface area (Å²) in [6.45, 7) is 0. The van der Waals surface area contributed by atoms with Crippen molar-refractivity contribution in [1.82, 2.24) is 9.55 Å². The lowest BCUT2D eigenvalue weighted by Gasteiger charge is -2.35. The Labute approximate surface area is 106 Å². The number of carbonyl (C=O) groups is 1. The number of aromatic nitrogens is 2. The van der Waals surface area contributed by atoms with Crippen molar-refractivity contribution < 1.29 is 24.9 Å². The number of hydrogen-bond acceptors (Lipinski definition) is 7. The number of aliphatic hydroxyl groups is 2. The Balaban J connectivity index is 2.32. The highest BCUT2D eigenvalue weighted by molar-refractivity contribution is 5.73. The first kappa shape index (κ1) is 13.5. The van der Waals surface area contributed by atoms with E-state index in [0.29, 0.717) is 0 Å². The highest BCUT2D eigenvalue weighted by Crippen LogP contribution is 2.26. The first-order valence-corrected chi connectivity index (χ1v) is 5.49. The van der Waals surface area contributed by atoms with Gasteiger partial charge in [0, 0.05) is 12.6 Å². The second-order valence-corrected chi connectivity index (χ2v) is 4.20. The van der Waals surface area contributed by atoms with Crippen molar-refractivity contribution in [2.24, 2.45) is 0 Å². The van der Waals surface area contributed by atoms with Gasteiger partial charge in [0.1, 0.15) is 11.9 Å². The molecule has 1 aromatic rings. The molecule has 19 heavy (non-hydrogen) atoms. The lowest BCUT2D eigenvalue weighted by atomic mass is 10.0. The molecule has 2 rings (SSSR count). The third-order valence-electron chi connectivity index (χ3n) is 2.82. The second-order valence-electron chi connectivity index (χ2n) is 4.20. The Kier molecular flexibility index (Phi) is 3.51. The summed E-state index contributed by atoms with van der Waals surface area (Å²) in [6.07, 6.45) is -4.30. The maximum Gasteiger partial charge on any atom is 0.351 e. The van der Waals surface area contributed by atoms with Crippen molar-refractivity contribution in [1.29, 1.82) is 0 Å². The van der Waals surface area contributed by atoms with Gasteiger partial charge in [0.2, 0.25) is 0 Å². The van der Waals surface area contributed by atoms with E-state index >= 15 is 0 Å². The van der Waals surface area contributed by atoms with Crippen LogP contribution < -0.4 is 11.4 Å². The smallest absolute Gasteiger partial charge is 0.351 e. The zero-order chi connectivity index (χ0) is 14.2. The summed E-state index contributed by atoms with van der Waals surface area (Å²) in [6, 6.07) is 1.32. The molecule has 4 atom stereocenters. The third-order valence-corrected chi connectivity index (χ3v) is 2.82. The van der Waals surface area contributed by atoms with Crippen molar-refractivity contribution in [3.05, 3.63) is 22.7 Å². The molecule has 1 aliphatic rings. The van der Waals surface area contributed by atoms with Crippen LogP contribution in [0.4, 0.5) is 5.82 Å². The first-order chi connectivity index (χ1) is 8.90. The SMILES string of the molecule is Nc1ccn([C@@H]2O[C@H](C(=O)O)[C@@H](O)C[C@H]2O)c(=O)n1. The van der Waals surface area contributed by atoms with E-state index in [9.17, 15) is 19.8 Å². The van der Waals surface area contributed by atoms with Crippen molar-refractivity contribution in [2.45, 2.75) is 31.0 Å². The Bertz CT molecular complexity index is 544. The number of carboxylic acids is 1. The molecule has 1 aliphatic heterocycles. The summed E-state index contributed by atoms with van der Waals surface area (Å²) in [5.41, 5.74) is 4.55. The summed E-state index contributed by atoms with van der Waals surface area (Å²) < 4.78 is 6.00. The van der Waals surface area contributed by atoms with Crippen LogP contribution in [-0.2, 0) is 9.53 Å². The number of carboxylic acid groups (broad SMARTS) is 1. The lowest BCUT2D eigenvalue weighted by molar-refractivity contribution is -0.210. The average Bonchev–Trinajstić information content (AvgIpc) is 2.30. The number of nitrogens with zero attached hydrogens (tertiary/aromatic N) is 2. The predicted octanol–water partition coefficient (Wildman–Crippen LogP) is -2.08. The molecule has 0 aromatic carbocycles. The fraction of sp³-hybridized carbons (Fsp3) is 0.500. The number of nitrogens with two attached hydrogens (primary N) is 1. The summed E-state index contributed by atoms with van der Waals surface area (Å²) in [4.78, 5) is 26.0. The van der Waals surface area contributed by atoms with E-state index in [1.54, 1.807) is 0 Å². The van der Waals surface area contributed by atoms with Gasteiger partial charge in [-0.3, -0.25) is 4.57 Å². The van der Waals surface area contributed by atoms with Gasteiger partial charge >= 0.3 is 11.7 Å². The topological polar surface area (TPSA) is 148 Å². The van der Waals surface area contributed by atoms with Crippen LogP contribution in [0.15, 0.2) is 17.1 Å². The minimum absolute atomic E-state index is 0.00127. The number of hydrogen-bond donors (Lipinski definition) is 4. The molecule has 0 unspecified atom stereocenters. The van der Waals surface area contributed by atoms with Gasteiger partial charge in [0.25, 0.3) is 0 Å². The van der Waals surface area contributed by atoms with Crippen molar-refractivity contribution >= 4 is 11.8 Å². The molecule has 9 heteroatoms. The highest BCUT2D eigenvalue weighted by atomic mass is 16.6. The molecule has 104 valence electrons. The molecule has 0 aliphatic carbocycles. The van der Waals surface area contributed by atoms with Crippen molar-refractivity contribution in [3.63, 3.8) is 0 Å². The Morgan fingerprint density at radius 2 is 2.16 bits per heavy atom.